The minimum Gasteiger partial charge on any atom is -0.491 e. The molecule has 1 amide bonds. The number of hydrogen-bond donors (Lipinski definition) is 2. The Labute approximate surface area is 162 Å². The highest BCUT2D eigenvalue weighted by Crippen LogP contribution is 2.14. The Bertz CT molecular complexity index is 665. The normalized spacial score (nSPS) is 11.2. The number of hydrogen-bond acceptors (Lipinski definition) is 8. The Morgan fingerprint density at radius 1 is 1.36 bits per heavy atom. The highest BCUT2D eigenvalue weighted by Gasteiger charge is 2.10. The second kappa shape index (κ2) is 14.2. The lowest BCUT2D eigenvalue weighted by molar-refractivity contribution is -0.149. The van der Waals surface area contributed by atoms with E-state index in [1.807, 2.05) is 0 Å². The molecule has 0 bridgehead atoms. The SMILES string of the molecule is CCOC(=O)COCCOC(COc1cccc(C(=O)NCCN)c1)N=[N+]=[N-]. The minimum atomic E-state index is -0.897. The molecule has 0 heterocycles. The third-order valence-corrected chi connectivity index (χ3v) is 3.16. The van der Waals surface area contributed by atoms with Crippen LogP contribution in [0.15, 0.2) is 29.4 Å². The van der Waals surface area contributed by atoms with E-state index in [4.69, 9.17) is 30.2 Å². The van der Waals surface area contributed by atoms with Crippen LogP contribution in [0.25, 0.3) is 10.4 Å². The molecule has 0 saturated heterocycles. The van der Waals surface area contributed by atoms with Gasteiger partial charge in [0.2, 0.25) is 0 Å². The van der Waals surface area contributed by atoms with Crippen LogP contribution < -0.4 is 15.8 Å². The van der Waals surface area contributed by atoms with E-state index in [9.17, 15) is 9.59 Å². The summed E-state index contributed by atoms with van der Waals surface area (Å²) >= 11 is 0. The maximum Gasteiger partial charge on any atom is 0.332 e. The Hall–Kier alpha value is -2.85. The molecule has 0 fully saturated rings. The fourth-order valence-electron chi connectivity index (χ4n) is 1.96. The lowest BCUT2D eigenvalue weighted by Crippen LogP contribution is -2.29. The first-order valence-corrected chi connectivity index (χ1v) is 8.71. The summed E-state index contributed by atoms with van der Waals surface area (Å²) in [4.78, 5) is 25.8. The molecule has 1 atom stereocenters. The average molecular weight is 395 g/mol. The number of amides is 1. The molecule has 0 saturated carbocycles. The largest absolute Gasteiger partial charge is 0.491 e. The van der Waals surface area contributed by atoms with E-state index < -0.39 is 12.2 Å². The van der Waals surface area contributed by atoms with Crippen LogP contribution in [0.4, 0.5) is 0 Å². The summed E-state index contributed by atoms with van der Waals surface area (Å²) in [6.07, 6.45) is -0.897. The first-order valence-electron chi connectivity index (χ1n) is 8.71. The molecule has 11 nitrogen and oxygen atoms in total. The molecule has 0 aliphatic carbocycles. The molecule has 0 aliphatic heterocycles. The summed E-state index contributed by atoms with van der Waals surface area (Å²) in [7, 11) is 0. The third kappa shape index (κ3) is 9.74. The quantitative estimate of drug-likeness (QED) is 0.156. The van der Waals surface area contributed by atoms with Crippen molar-refractivity contribution in [2.24, 2.45) is 10.8 Å². The zero-order valence-corrected chi connectivity index (χ0v) is 15.7. The molecule has 1 rings (SSSR count). The number of nitrogens with one attached hydrogen (secondary N) is 1. The highest BCUT2D eigenvalue weighted by atomic mass is 16.6. The van der Waals surface area contributed by atoms with Crippen LogP contribution in [0, 0.1) is 0 Å². The molecule has 28 heavy (non-hydrogen) atoms. The van der Waals surface area contributed by atoms with E-state index in [0.717, 1.165) is 0 Å². The number of ether oxygens (including phenoxy) is 4. The Morgan fingerprint density at radius 2 is 2.18 bits per heavy atom. The van der Waals surface area contributed by atoms with Crippen molar-refractivity contribution in [3.8, 4) is 5.75 Å². The van der Waals surface area contributed by atoms with E-state index in [0.29, 0.717) is 24.4 Å². The summed E-state index contributed by atoms with van der Waals surface area (Å²) in [5.74, 6) is -0.314. The van der Waals surface area contributed by atoms with Gasteiger partial charge in [-0.15, -0.1) is 0 Å². The van der Waals surface area contributed by atoms with Gasteiger partial charge in [-0.25, -0.2) is 4.79 Å². The molecule has 1 unspecified atom stereocenters. The van der Waals surface area contributed by atoms with Crippen LogP contribution >= 0.6 is 0 Å². The second-order valence-electron chi connectivity index (χ2n) is 5.27. The van der Waals surface area contributed by atoms with E-state index in [1.54, 1.807) is 31.2 Å². The van der Waals surface area contributed by atoms with Crippen molar-refractivity contribution in [1.29, 1.82) is 0 Å². The van der Waals surface area contributed by atoms with Crippen LogP contribution in [0.3, 0.4) is 0 Å². The van der Waals surface area contributed by atoms with Gasteiger partial charge in [0.15, 0.2) is 6.23 Å². The van der Waals surface area contributed by atoms with Crippen LogP contribution in [-0.2, 0) is 19.0 Å². The van der Waals surface area contributed by atoms with Crippen molar-refractivity contribution < 1.29 is 28.5 Å². The van der Waals surface area contributed by atoms with Gasteiger partial charge in [0.25, 0.3) is 5.91 Å². The fraction of sp³-hybridized carbons (Fsp3) is 0.529. The van der Waals surface area contributed by atoms with E-state index in [-0.39, 0.29) is 38.9 Å². The monoisotopic (exact) mass is 395 g/mol. The average Bonchev–Trinajstić information content (AvgIpc) is 2.70. The maximum atomic E-state index is 11.9. The summed E-state index contributed by atoms with van der Waals surface area (Å²) in [5, 5.41) is 6.15. The number of esters is 1. The lowest BCUT2D eigenvalue weighted by atomic mass is 10.2. The van der Waals surface area contributed by atoms with Gasteiger partial charge >= 0.3 is 5.97 Å². The molecule has 1 aromatic carbocycles. The van der Waals surface area contributed by atoms with Crippen molar-refractivity contribution in [3.63, 3.8) is 0 Å². The number of benzene rings is 1. The van der Waals surface area contributed by atoms with Crippen molar-refractivity contribution in [2.75, 3.05) is 46.1 Å². The molecule has 0 spiro atoms. The highest BCUT2D eigenvalue weighted by molar-refractivity contribution is 5.94. The van der Waals surface area contributed by atoms with Gasteiger partial charge in [-0.3, -0.25) is 4.79 Å². The number of nitrogens with zero attached hydrogens (tertiary/aromatic N) is 3. The molecular weight excluding hydrogens is 370 g/mol. The van der Waals surface area contributed by atoms with Crippen LogP contribution in [0.2, 0.25) is 0 Å². The third-order valence-electron chi connectivity index (χ3n) is 3.16. The molecule has 0 aromatic heterocycles. The zero-order chi connectivity index (χ0) is 20.6. The molecule has 1 aromatic rings. The molecule has 0 aliphatic rings. The number of carbonyl (C=O) groups excluding carboxylic acids is 2. The Morgan fingerprint density at radius 3 is 2.89 bits per heavy atom. The number of carbonyl (C=O) groups is 2. The van der Waals surface area contributed by atoms with Gasteiger partial charge in [-0.05, 0) is 30.7 Å². The van der Waals surface area contributed by atoms with Crippen LogP contribution in [0.1, 0.15) is 17.3 Å². The van der Waals surface area contributed by atoms with Crippen molar-refractivity contribution in [2.45, 2.75) is 13.2 Å². The van der Waals surface area contributed by atoms with Crippen molar-refractivity contribution in [1.82, 2.24) is 5.32 Å². The Kier molecular flexibility index (Phi) is 11.8. The number of rotatable bonds is 14. The molecule has 0 radical (unpaired) electrons. The van der Waals surface area contributed by atoms with E-state index >= 15 is 0 Å². The van der Waals surface area contributed by atoms with Gasteiger partial charge < -0.3 is 30.0 Å². The predicted octanol–water partition coefficient (Wildman–Crippen LogP) is 0.987. The van der Waals surface area contributed by atoms with Gasteiger partial charge in [0.05, 0.1) is 19.8 Å². The smallest absolute Gasteiger partial charge is 0.332 e. The zero-order valence-electron chi connectivity index (χ0n) is 15.7. The lowest BCUT2D eigenvalue weighted by Gasteiger charge is -2.14. The molecular formula is C17H25N5O6. The second-order valence-corrected chi connectivity index (χ2v) is 5.27. The van der Waals surface area contributed by atoms with Gasteiger partial charge in [-0.2, -0.15) is 0 Å². The summed E-state index contributed by atoms with van der Waals surface area (Å²) in [5.41, 5.74) is 14.4. The standard InChI is InChI=1S/C17H25N5O6/c1-2-26-16(23)12-25-8-9-27-15(21-22-19)11-28-14-5-3-4-13(10-14)17(24)20-7-6-18/h3-5,10,15H,2,6-9,11-12,18H2,1H3,(H,20,24). The maximum absolute atomic E-state index is 11.9. The predicted molar refractivity (Wildman–Crippen MR) is 99.7 cm³/mol. The first kappa shape index (κ1) is 23.2. The van der Waals surface area contributed by atoms with Gasteiger partial charge in [0, 0.05) is 23.6 Å². The first-order chi connectivity index (χ1) is 13.6. The number of azide groups is 1. The van der Waals surface area contributed by atoms with Crippen LogP contribution in [-0.4, -0.2) is 64.2 Å². The van der Waals surface area contributed by atoms with E-state index in [2.05, 4.69) is 15.3 Å². The van der Waals surface area contributed by atoms with Crippen LogP contribution in [0.5, 0.6) is 5.75 Å². The summed E-state index contributed by atoms with van der Waals surface area (Å²) in [6.45, 7) is 2.67. The fourth-order valence-corrected chi connectivity index (χ4v) is 1.96. The van der Waals surface area contributed by atoms with Gasteiger partial charge in [0.1, 0.15) is 19.0 Å². The molecule has 11 heteroatoms. The summed E-state index contributed by atoms with van der Waals surface area (Å²) in [6, 6.07) is 6.52. The Balaban J connectivity index is 2.43. The van der Waals surface area contributed by atoms with E-state index in [1.165, 1.54) is 0 Å². The van der Waals surface area contributed by atoms with Gasteiger partial charge in [-0.1, -0.05) is 11.2 Å². The minimum absolute atomic E-state index is 0.0597. The summed E-state index contributed by atoms with van der Waals surface area (Å²) < 4.78 is 20.7. The number of nitrogens with two attached hydrogens (primary N) is 1. The topological polar surface area (TPSA) is 158 Å². The van der Waals surface area contributed by atoms with Crippen molar-refractivity contribution >= 4 is 11.9 Å². The van der Waals surface area contributed by atoms with Crippen molar-refractivity contribution in [3.05, 3.63) is 40.3 Å². The molecule has 3 N–H and O–H groups in total. The molecule has 154 valence electrons.